The average molecular weight is 300 g/mol. The summed E-state index contributed by atoms with van der Waals surface area (Å²) < 4.78 is 40.6. The molecule has 2 unspecified atom stereocenters. The maximum Gasteiger partial charge on any atom is 0.161 e. The summed E-state index contributed by atoms with van der Waals surface area (Å²) in [6, 6.07) is 1.52. The summed E-state index contributed by atoms with van der Waals surface area (Å²) in [5.74, 6) is -2.89. The molecule has 0 bridgehead atoms. The van der Waals surface area contributed by atoms with Gasteiger partial charge in [0, 0.05) is 24.2 Å². The monoisotopic (exact) mass is 300 g/mol. The van der Waals surface area contributed by atoms with Crippen molar-refractivity contribution in [3.05, 3.63) is 35.1 Å². The van der Waals surface area contributed by atoms with Gasteiger partial charge in [0.2, 0.25) is 0 Å². The van der Waals surface area contributed by atoms with Gasteiger partial charge in [-0.15, -0.1) is 0 Å². The minimum absolute atomic E-state index is 0.166. The van der Waals surface area contributed by atoms with Gasteiger partial charge in [-0.2, -0.15) is 0 Å². The number of nitrogens with zero attached hydrogens (tertiary/aromatic N) is 1. The van der Waals surface area contributed by atoms with E-state index in [1.165, 1.54) is 0 Å². The molecule has 21 heavy (non-hydrogen) atoms. The van der Waals surface area contributed by atoms with E-state index < -0.39 is 23.5 Å². The summed E-state index contributed by atoms with van der Waals surface area (Å²) in [5, 5.41) is 0. The maximum absolute atomic E-state index is 14.0. The molecule has 0 amide bonds. The van der Waals surface area contributed by atoms with E-state index in [9.17, 15) is 13.2 Å². The largest absolute Gasteiger partial charge is 0.329 e. The van der Waals surface area contributed by atoms with E-state index in [0.29, 0.717) is 12.1 Å². The molecule has 2 N–H and O–H groups in total. The zero-order valence-corrected chi connectivity index (χ0v) is 12.4. The fraction of sp³-hybridized carbons (Fsp3) is 0.625. The highest BCUT2D eigenvalue weighted by atomic mass is 19.2. The second-order valence-electron chi connectivity index (χ2n) is 5.72. The Bertz CT molecular complexity index is 477. The molecule has 1 heterocycles. The predicted molar refractivity (Wildman–Crippen MR) is 77.4 cm³/mol. The third-order valence-corrected chi connectivity index (χ3v) is 4.32. The van der Waals surface area contributed by atoms with Crippen LogP contribution < -0.4 is 5.73 Å². The number of halogens is 3. The van der Waals surface area contributed by atoms with Crippen molar-refractivity contribution < 1.29 is 13.2 Å². The van der Waals surface area contributed by atoms with Gasteiger partial charge in [-0.1, -0.05) is 19.8 Å². The molecule has 5 heteroatoms. The SMILES string of the molecule is CCCC1CCCCN1C(CN)c1cc(F)c(F)cc1F. The van der Waals surface area contributed by atoms with Gasteiger partial charge in [0.05, 0.1) is 6.04 Å². The molecule has 1 aliphatic heterocycles. The first-order chi connectivity index (χ1) is 10.1. The van der Waals surface area contributed by atoms with Crippen LogP contribution in [0.25, 0.3) is 0 Å². The lowest BCUT2D eigenvalue weighted by atomic mass is 9.93. The van der Waals surface area contributed by atoms with Crippen LogP contribution in [0.2, 0.25) is 0 Å². The topological polar surface area (TPSA) is 29.3 Å². The average Bonchev–Trinajstić information content (AvgIpc) is 2.47. The molecule has 2 nitrogen and oxygen atoms in total. The van der Waals surface area contributed by atoms with Gasteiger partial charge in [-0.25, -0.2) is 13.2 Å². The zero-order chi connectivity index (χ0) is 15.4. The van der Waals surface area contributed by atoms with Gasteiger partial charge in [-0.3, -0.25) is 4.90 Å². The minimum Gasteiger partial charge on any atom is -0.329 e. The van der Waals surface area contributed by atoms with Crippen LogP contribution >= 0.6 is 0 Å². The first kappa shape index (κ1) is 16.3. The molecule has 2 atom stereocenters. The fourth-order valence-corrected chi connectivity index (χ4v) is 3.31. The predicted octanol–water partition coefficient (Wildman–Crippen LogP) is 3.76. The number of hydrogen-bond donors (Lipinski definition) is 1. The van der Waals surface area contributed by atoms with E-state index in [2.05, 4.69) is 11.8 Å². The van der Waals surface area contributed by atoms with Crippen molar-refractivity contribution >= 4 is 0 Å². The molecular weight excluding hydrogens is 277 g/mol. The second-order valence-corrected chi connectivity index (χ2v) is 5.72. The van der Waals surface area contributed by atoms with Crippen LogP contribution in [0.1, 0.15) is 50.6 Å². The number of benzene rings is 1. The first-order valence-corrected chi connectivity index (χ1v) is 7.68. The highest BCUT2D eigenvalue weighted by Crippen LogP contribution is 2.32. The number of likely N-dealkylation sites (tertiary alicyclic amines) is 1. The Labute approximate surface area is 124 Å². The molecule has 118 valence electrons. The molecule has 1 saturated heterocycles. The number of piperidine rings is 1. The Hall–Kier alpha value is -1.07. The standard InChI is InChI=1S/C16H23F3N2/c1-2-5-11-6-3-4-7-21(11)16(10-20)12-8-14(18)15(19)9-13(12)17/h8-9,11,16H,2-7,10,20H2,1H3. The zero-order valence-electron chi connectivity index (χ0n) is 12.4. The first-order valence-electron chi connectivity index (χ1n) is 7.68. The van der Waals surface area contributed by atoms with E-state index in [1.54, 1.807) is 0 Å². The lowest BCUT2D eigenvalue weighted by molar-refractivity contribution is 0.0891. The van der Waals surface area contributed by atoms with E-state index in [1.807, 2.05) is 0 Å². The van der Waals surface area contributed by atoms with Crippen molar-refractivity contribution in [2.75, 3.05) is 13.1 Å². The van der Waals surface area contributed by atoms with Crippen LogP contribution in [-0.4, -0.2) is 24.0 Å². The fourth-order valence-electron chi connectivity index (χ4n) is 3.31. The smallest absolute Gasteiger partial charge is 0.161 e. The molecule has 0 aromatic heterocycles. The number of hydrogen-bond acceptors (Lipinski definition) is 2. The summed E-state index contributed by atoms with van der Waals surface area (Å²) in [4.78, 5) is 2.17. The van der Waals surface area contributed by atoms with Gasteiger partial charge >= 0.3 is 0 Å². The molecule has 0 radical (unpaired) electrons. The Morgan fingerprint density at radius 2 is 1.90 bits per heavy atom. The van der Waals surface area contributed by atoms with Crippen molar-refractivity contribution in [3.63, 3.8) is 0 Å². The van der Waals surface area contributed by atoms with Gasteiger partial charge in [0.1, 0.15) is 5.82 Å². The normalized spacial score (nSPS) is 21.5. The Morgan fingerprint density at radius 3 is 2.57 bits per heavy atom. The third-order valence-electron chi connectivity index (χ3n) is 4.32. The van der Waals surface area contributed by atoms with E-state index in [0.717, 1.165) is 44.7 Å². The Balaban J connectivity index is 2.31. The van der Waals surface area contributed by atoms with Crippen molar-refractivity contribution in [1.29, 1.82) is 0 Å². The second kappa shape index (κ2) is 7.27. The highest BCUT2D eigenvalue weighted by molar-refractivity contribution is 5.24. The Morgan fingerprint density at radius 1 is 1.19 bits per heavy atom. The molecular formula is C16H23F3N2. The minimum atomic E-state index is -1.16. The molecule has 1 aromatic carbocycles. The number of nitrogens with two attached hydrogens (primary N) is 1. The third kappa shape index (κ3) is 3.58. The maximum atomic E-state index is 14.0. The number of rotatable bonds is 5. The van der Waals surface area contributed by atoms with Crippen LogP contribution in [0.5, 0.6) is 0 Å². The summed E-state index contributed by atoms with van der Waals surface area (Å²) in [6.45, 7) is 3.13. The van der Waals surface area contributed by atoms with Crippen LogP contribution in [-0.2, 0) is 0 Å². The van der Waals surface area contributed by atoms with Gasteiger partial charge in [0.15, 0.2) is 11.6 Å². The van der Waals surface area contributed by atoms with E-state index in [-0.39, 0.29) is 12.1 Å². The van der Waals surface area contributed by atoms with Crippen LogP contribution in [0.3, 0.4) is 0 Å². The van der Waals surface area contributed by atoms with E-state index >= 15 is 0 Å². The molecule has 0 saturated carbocycles. The summed E-state index contributed by atoms with van der Waals surface area (Å²) in [6.07, 6.45) is 5.29. The summed E-state index contributed by atoms with van der Waals surface area (Å²) in [7, 11) is 0. The highest BCUT2D eigenvalue weighted by Gasteiger charge is 2.30. The van der Waals surface area contributed by atoms with Crippen molar-refractivity contribution in [2.45, 2.75) is 51.1 Å². The lowest BCUT2D eigenvalue weighted by Gasteiger charge is -2.41. The molecule has 1 aromatic rings. The Kier molecular flexibility index (Phi) is 5.65. The van der Waals surface area contributed by atoms with Gasteiger partial charge < -0.3 is 5.73 Å². The van der Waals surface area contributed by atoms with Crippen LogP contribution in [0.4, 0.5) is 13.2 Å². The van der Waals surface area contributed by atoms with Crippen molar-refractivity contribution in [2.24, 2.45) is 5.73 Å². The van der Waals surface area contributed by atoms with Crippen molar-refractivity contribution in [1.82, 2.24) is 4.90 Å². The van der Waals surface area contributed by atoms with Gasteiger partial charge in [-0.05, 0) is 31.9 Å². The van der Waals surface area contributed by atoms with Gasteiger partial charge in [0.25, 0.3) is 0 Å². The molecule has 0 spiro atoms. The molecule has 0 aliphatic carbocycles. The quantitative estimate of drug-likeness (QED) is 0.839. The molecule has 2 rings (SSSR count). The summed E-state index contributed by atoms with van der Waals surface area (Å²) in [5.41, 5.74) is 5.99. The van der Waals surface area contributed by atoms with E-state index in [4.69, 9.17) is 5.73 Å². The van der Waals surface area contributed by atoms with Crippen molar-refractivity contribution in [3.8, 4) is 0 Å². The molecule has 1 fully saturated rings. The summed E-state index contributed by atoms with van der Waals surface area (Å²) >= 11 is 0. The van der Waals surface area contributed by atoms with Crippen LogP contribution in [0, 0.1) is 17.5 Å². The van der Waals surface area contributed by atoms with Crippen LogP contribution in [0.15, 0.2) is 12.1 Å². The lowest BCUT2D eigenvalue weighted by Crippen LogP contribution is -2.44. The molecule has 1 aliphatic rings.